The summed E-state index contributed by atoms with van der Waals surface area (Å²) in [6.07, 6.45) is 3.34. The van der Waals surface area contributed by atoms with Crippen molar-refractivity contribution in [2.75, 3.05) is 7.11 Å². The van der Waals surface area contributed by atoms with Crippen LogP contribution in [-0.4, -0.2) is 29.2 Å². The van der Waals surface area contributed by atoms with Gasteiger partial charge in [-0.2, -0.15) is 0 Å². The molecule has 1 saturated carbocycles. The van der Waals surface area contributed by atoms with Crippen molar-refractivity contribution >= 4 is 6.09 Å². The molecule has 0 unspecified atom stereocenters. The average molecular weight is 197 g/mol. The number of hydrogen-bond donors (Lipinski definition) is 0. The van der Waals surface area contributed by atoms with Crippen molar-refractivity contribution in [2.45, 2.75) is 51.1 Å². The third-order valence-electron chi connectivity index (χ3n) is 4.19. The van der Waals surface area contributed by atoms with Gasteiger partial charge in [0.05, 0.1) is 7.11 Å². The Morgan fingerprint density at radius 1 is 1.43 bits per heavy atom. The average Bonchev–Trinajstić information content (AvgIpc) is 2.55. The molecule has 1 saturated heterocycles. The first-order valence-corrected chi connectivity index (χ1v) is 5.30. The first-order chi connectivity index (χ1) is 6.42. The zero-order chi connectivity index (χ0) is 10.6. The van der Waals surface area contributed by atoms with Crippen LogP contribution in [0.2, 0.25) is 0 Å². The second-order valence-corrected chi connectivity index (χ2v) is 5.40. The van der Waals surface area contributed by atoms with E-state index in [0.29, 0.717) is 5.92 Å². The number of hydrogen-bond acceptors (Lipinski definition) is 2. The van der Waals surface area contributed by atoms with Gasteiger partial charge in [0, 0.05) is 11.1 Å². The van der Waals surface area contributed by atoms with E-state index in [4.69, 9.17) is 4.74 Å². The van der Waals surface area contributed by atoms with Gasteiger partial charge in [-0.25, -0.2) is 4.79 Å². The third kappa shape index (κ3) is 1.01. The third-order valence-corrected chi connectivity index (χ3v) is 4.19. The number of methoxy groups -OCH3 is 1. The van der Waals surface area contributed by atoms with Gasteiger partial charge < -0.3 is 4.74 Å². The second kappa shape index (κ2) is 2.65. The van der Waals surface area contributed by atoms with Crippen molar-refractivity contribution < 1.29 is 9.53 Å². The molecule has 14 heavy (non-hydrogen) atoms. The van der Waals surface area contributed by atoms with Crippen molar-refractivity contribution in [3.8, 4) is 0 Å². The lowest BCUT2D eigenvalue weighted by molar-refractivity contribution is 0.0197. The molecule has 0 N–H and O–H groups in total. The van der Waals surface area contributed by atoms with Gasteiger partial charge in [0.15, 0.2) is 0 Å². The SMILES string of the molecule is COC(=O)N1C(C)(C)[C@H]2CC[C@]1(C)C2. The molecule has 3 nitrogen and oxygen atoms in total. The molecule has 0 aromatic rings. The Labute approximate surface area is 85.4 Å². The molecule has 2 rings (SSSR count). The zero-order valence-electron chi connectivity index (χ0n) is 9.46. The first kappa shape index (κ1) is 9.81. The molecule has 0 radical (unpaired) electrons. The van der Waals surface area contributed by atoms with E-state index in [0.717, 1.165) is 12.8 Å². The van der Waals surface area contributed by atoms with Gasteiger partial charge in [-0.3, -0.25) is 4.90 Å². The quantitative estimate of drug-likeness (QED) is 0.597. The minimum absolute atomic E-state index is 0.0277. The molecule has 2 atom stereocenters. The van der Waals surface area contributed by atoms with Crippen molar-refractivity contribution in [2.24, 2.45) is 5.92 Å². The van der Waals surface area contributed by atoms with Gasteiger partial charge in [0.25, 0.3) is 0 Å². The lowest BCUT2D eigenvalue weighted by Crippen LogP contribution is -2.56. The van der Waals surface area contributed by atoms with Crippen LogP contribution < -0.4 is 0 Å². The molecular weight excluding hydrogens is 178 g/mol. The fourth-order valence-electron chi connectivity index (χ4n) is 3.45. The second-order valence-electron chi connectivity index (χ2n) is 5.40. The van der Waals surface area contributed by atoms with Gasteiger partial charge in [-0.05, 0) is 46.0 Å². The summed E-state index contributed by atoms with van der Waals surface area (Å²) in [5.41, 5.74) is 0.0152. The van der Waals surface area contributed by atoms with Crippen LogP contribution in [0.15, 0.2) is 0 Å². The van der Waals surface area contributed by atoms with E-state index in [2.05, 4.69) is 20.8 Å². The Balaban J connectivity index is 2.34. The number of carbonyl (C=O) groups excluding carboxylic acids is 1. The van der Waals surface area contributed by atoms with Crippen LogP contribution in [0, 0.1) is 5.92 Å². The molecule has 0 aromatic heterocycles. The van der Waals surface area contributed by atoms with E-state index in [1.807, 2.05) is 4.90 Å². The summed E-state index contributed by atoms with van der Waals surface area (Å²) in [4.78, 5) is 13.7. The largest absolute Gasteiger partial charge is 0.453 e. The topological polar surface area (TPSA) is 29.5 Å². The van der Waals surface area contributed by atoms with Crippen LogP contribution in [0.4, 0.5) is 4.79 Å². The fraction of sp³-hybridized carbons (Fsp3) is 0.909. The Kier molecular flexibility index (Phi) is 1.85. The summed E-state index contributed by atoms with van der Waals surface area (Å²) in [7, 11) is 1.47. The first-order valence-electron chi connectivity index (χ1n) is 5.30. The van der Waals surface area contributed by atoms with Gasteiger partial charge in [-0.1, -0.05) is 0 Å². The molecule has 0 spiro atoms. The Bertz CT molecular complexity index is 270. The van der Waals surface area contributed by atoms with Gasteiger partial charge >= 0.3 is 6.09 Å². The summed E-state index contributed by atoms with van der Waals surface area (Å²) in [6.45, 7) is 6.48. The van der Waals surface area contributed by atoms with E-state index in [1.165, 1.54) is 13.5 Å². The van der Waals surface area contributed by atoms with Crippen molar-refractivity contribution in [3.63, 3.8) is 0 Å². The summed E-state index contributed by atoms with van der Waals surface area (Å²) in [6, 6.07) is 0. The molecule has 2 aliphatic rings. The molecule has 3 heteroatoms. The summed E-state index contributed by atoms with van der Waals surface area (Å²) >= 11 is 0. The number of nitrogens with zero attached hydrogens (tertiary/aromatic N) is 1. The van der Waals surface area contributed by atoms with Gasteiger partial charge in [0.2, 0.25) is 0 Å². The van der Waals surface area contributed by atoms with Crippen molar-refractivity contribution in [1.29, 1.82) is 0 Å². The predicted molar refractivity (Wildman–Crippen MR) is 54.1 cm³/mol. The number of carbonyl (C=O) groups is 1. The van der Waals surface area contributed by atoms with E-state index in [9.17, 15) is 4.79 Å². The lowest BCUT2D eigenvalue weighted by atomic mass is 9.86. The maximum Gasteiger partial charge on any atom is 0.410 e. The minimum atomic E-state index is -0.167. The Morgan fingerprint density at radius 3 is 2.50 bits per heavy atom. The van der Waals surface area contributed by atoms with E-state index in [-0.39, 0.29) is 17.2 Å². The van der Waals surface area contributed by atoms with E-state index < -0.39 is 0 Å². The molecule has 1 aliphatic heterocycles. The van der Waals surface area contributed by atoms with Gasteiger partial charge in [0.1, 0.15) is 0 Å². The molecule has 80 valence electrons. The summed E-state index contributed by atoms with van der Waals surface area (Å²) < 4.78 is 4.87. The van der Waals surface area contributed by atoms with Crippen LogP contribution in [0.3, 0.4) is 0 Å². The molecule has 1 aliphatic carbocycles. The fourth-order valence-corrected chi connectivity index (χ4v) is 3.45. The van der Waals surface area contributed by atoms with Gasteiger partial charge in [-0.15, -0.1) is 0 Å². The zero-order valence-corrected chi connectivity index (χ0v) is 9.46. The summed E-state index contributed by atoms with van der Waals surface area (Å²) in [5.74, 6) is 0.645. The van der Waals surface area contributed by atoms with Crippen LogP contribution in [0.25, 0.3) is 0 Å². The van der Waals surface area contributed by atoms with Crippen LogP contribution >= 0.6 is 0 Å². The molecule has 1 amide bonds. The number of ether oxygens (including phenoxy) is 1. The van der Waals surface area contributed by atoms with Crippen molar-refractivity contribution in [3.05, 3.63) is 0 Å². The molecule has 2 bridgehead atoms. The molecular formula is C11H19NO2. The normalized spacial score (nSPS) is 38.9. The number of fused-ring (bicyclic) bond motifs is 2. The van der Waals surface area contributed by atoms with Crippen LogP contribution in [-0.2, 0) is 4.74 Å². The molecule has 2 fully saturated rings. The van der Waals surface area contributed by atoms with E-state index in [1.54, 1.807) is 0 Å². The Morgan fingerprint density at radius 2 is 2.07 bits per heavy atom. The van der Waals surface area contributed by atoms with Crippen LogP contribution in [0.1, 0.15) is 40.0 Å². The highest BCUT2D eigenvalue weighted by atomic mass is 16.5. The smallest absolute Gasteiger partial charge is 0.410 e. The van der Waals surface area contributed by atoms with Crippen LogP contribution in [0.5, 0.6) is 0 Å². The number of rotatable bonds is 0. The highest BCUT2D eigenvalue weighted by molar-refractivity contribution is 5.70. The van der Waals surface area contributed by atoms with Crippen molar-refractivity contribution in [1.82, 2.24) is 4.90 Å². The van der Waals surface area contributed by atoms with E-state index >= 15 is 0 Å². The minimum Gasteiger partial charge on any atom is -0.453 e. The summed E-state index contributed by atoms with van der Waals surface area (Å²) in [5, 5.41) is 0. The molecule has 0 aromatic carbocycles. The highest BCUT2D eigenvalue weighted by Gasteiger charge is 2.60. The maximum absolute atomic E-state index is 11.7. The monoisotopic (exact) mass is 197 g/mol. The molecule has 1 heterocycles. The highest BCUT2D eigenvalue weighted by Crippen LogP contribution is 2.55. The lowest BCUT2D eigenvalue weighted by Gasteiger charge is -2.45. The number of likely N-dealkylation sites (tertiary alicyclic amines) is 1. The Hall–Kier alpha value is -0.730. The predicted octanol–water partition coefficient (Wildman–Crippen LogP) is 2.41. The standard InChI is InChI=1S/C11H19NO2/c1-10(2)8-5-6-11(3,7-8)12(10)9(13)14-4/h8H,5-7H2,1-4H3/t8-,11+/m0/s1. The number of amides is 1. The number of piperidine rings is 1. The maximum atomic E-state index is 11.7.